The lowest BCUT2D eigenvalue weighted by atomic mass is 10.2. The first-order valence-electron chi connectivity index (χ1n) is 6.99. The number of halogens is 1. The summed E-state index contributed by atoms with van der Waals surface area (Å²) < 4.78 is 11.7. The summed E-state index contributed by atoms with van der Waals surface area (Å²) in [6.45, 7) is 2.65. The van der Waals surface area contributed by atoms with E-state index in [4.69, 9.17) is 9.47 Å². The smallest absolute Gasteiger partial charge is 0.330 e. The molecule has 0 aliphatic heterocycles. The van der Waals surface area contributed by atoms with Crippen LogP contribution in [0.25, 0.3) is 6.08 Å². The van der Waals surface area contributed by atoms with E-state index in [0.29, 0.717) is 13.2 Å². The first-order valence-corrected chi connectivity index (χ1v) is 7.79. The van der Waals surface area contributed by atoms with Crippen LogP contribution in [-0.4, -0.2) is 12.6 Å². The summed E-state index contributed by atoms with van der Waals surface area (Å²) in [6, 6.07) is 15.6. The molecule has 0 bridgehead atoms. The highest BCUT2D eigenvalue weighted by Crippen LogP contribution is 2.17. The van der Waals surface area contributed by atoms with Crippen LogP contribution in [0.3, 0.4) is 0 Å². The van der Waals surface area contributed by atoms with Crippen LogP contribution in [0.1, 0.15) is 18.1 Å². The highest BCUT2D eigenvalue weighted by molar-refractivity contribution is 9.10. The van der Waals surface area contributed by atoms with Crippen molar-refractivity contribution < 1.29 is 14.3 Å². The van der Waals surface area contributed by atoms with E-state index < -0.39 is 0 Å². The molecule has 0 spiro atoms. The lowest BCUT2D eigenvalue weighted by Crippen LogP contribution is -1.98. The van der Waals surface area contributed by atoms with Crippen molar-refractivity contribution in [3.8, 4) is 5.75 Å². The van der Waals surface area contributed by atoms with Gasteiger partial charge in [0.05, 0.1) is 6.61 Å². The first-order chi connectivity index (χ1) is 10.7. The Hall–Kier alpha value is -2.07. The molecule has 0 N–H and O–H groups in total. The normalized spacial score (nSPS) is 10.6. The third kappa shape index (κ3) is 5.37. The van der Waals surface area contributed by atoms with E-state index in [1.54, 1.807) is 13.0 Å². The third-order valence-electron chi connectivity index (χ3n) is 2.88. The maximum absolute atomic E-state index is 11.3. The molecule has 2 aromatic rings. The molecule has 0 aliphatic rings. The standard InChI is InChI=1S/C18H17BrO3/c1-2-21-18(20)11-8-14-4-3-5-17(12-14)22-13-15-6-9-16(19)10-7-15/h3-12H,2,13H2,1H3/b11-8+. The average molecular weight is 361 g/mol. The van der Waals surface area contributed by atoms with E-state index in [1.807, 2.05) is 48.5 Å². The predicted molar refractivity (Wildman–Crippen MR) is 90.6 cm³/mol. The predicted octanol–water partition coefficient (Wildman–Crippen LogP) is 4.60. The van der Waals surface area contributed by atoms with Gasteiger partial charge in [-0.25, -0.2) is 4.79 Å². The van der Waals surface area contributed by atoms with Gasteiger partial charge in [-0.05, 0) is 48.4 Å². The van der Waals surface area contributed by atoms with Gasteiger partial charge in [0.1, 0.15) is 12.4 Å². The number of benzene rings is 2. The summed E-state index contributed by atoms with van der Waals surface area (Å²) in [5.74, 6) is 0.414. The molecule has 0 saturated heterocycles. The molecule has 0 atom stereocenters. The Labute approximate surface area is 138 Å². The minimum atomic E-state index is -0.344. The molecule has 0 fully saturated rings. The maximum Gasteiger partial charge on any atom is 0.330 e. The van der Waals surface area contributed by atoms with Gasteiger partial charge < -0.3 is 9.47 Å². The van der Waals surface area contributed by atoms with Gasteiger partial charge in [-0.3, -0.25) is 0 Å². The minimum absolute atomic E-state index is 0.344. The van der Waals surface area contributed by atoms with Gasteiger partial charge >= 0.3 is 5.97 Å². The quantitative estimate of drug-likeness (QED) is 0.557. The Morgan fingerprint density at radius 3 is 2.68 bits per heavy atom. The van der Waals surface area contributed by atoms with Crippen LogP contribution in [0.5, 0.6) is 5.75 Å². The van der Waals surface area contributed by atoms with Crippen molar-refractivity contribution in [3.63, 3.8) is 0 Å². The van der Waals surface area contributed by atoms with Crippen molar-refractivity contribution in [1.82, 2.24) is 0 Å². The third-order valence-corrected chi connectivity index (χ3v) is 3.40. The van der Waals surface area contributed by atoms with Gasteiger partial charge in [0.2, 0.25) is 0 Å². The highest BCUT2D eigenvalue weighted by atomic mass is 79.9. The summed E-state index contributed by atoms with van der Waals surface area (Å²) in [4.78, 5) is 11.3. The van der Waals surface area contributed by atoms with Gasteiger partial charge in [0, 0.05) is 10.5 Å². The van der Waals surface area contributed by atoms with Crippen LogP contribution in [0.4, 0.5) is 0 Å². The molecule has 0 saturated carbocycles. The lowest BCUT2D eigenvalue weighted by molar-refractivity contribution is -0.137. The van der Waals surface area contributed by atoms with Crippen molar-refractivity contribution in [3.05, 3.63) is 70.2 Å². The Morgan fingerprint density at radius 1 is 1.18 bits per heavy atom. The molecule has 4 heteroatoms. The summed E-state index contributed by atoms with van der Waals surface area (Å²) in [7, 11) is 0. The molecule has 22 heavy (non-hydrogen) atoms. The molecular formula is C18H17BrO3. The molecule has 2 rings (SSSR count). The second-order valence-corrected chi connectivity index (χ2v) is 5.49. The Bertz CT molecular complexity index is 648. The summed E-state index contributed by atoms with van der Waals surface area (Å²) in [5.41, 5.74) is 1.98. The lowest BCUT2D eigenvalue weighted by Gasteiger charge is -2.07. The number of ether oxygens (including phenoxy) is 2. The molecule has 0 radical (unpaired) electrons. The Kier molecular flexibility index (Phi) is 6.22. The number of hydrogen-bond acceptors (Lipinski definition) is 3. The number of carbonyl (C=O) groups excluding carboxylic acids is 1. The van der Waals surface area contributed by atoms with E-state index >= 15 is 0 Å². The number of esters is 1. The van der Waals surface area contributed by atoms with Gasteiger partial charge in [-0.1, -0.05) is 40.2 Å². The molecule has 3 nitrogen and oxygen atoms in total. The Balaban J connectivity index is 1.96. The molecule has 0 aromatic heterocycles. The van der Waals surface area contributed by atoms with Crippen LogP contribution in [0.2, 0.25) is 0 Å². The van der Waals surface area contributed by atoms with Crippen molar-refractivity contribution in [2.75, 3.05) is 6.61 Å². The fourth-order valence-corrected chi connectivity index (χ4v) is 2.07. The molecular weight excluding hydrogens is 344 g/mol. The zero-order valence-electron chi connectivity index (χ0n) is 12.3. The average Bonchev–Trinajstić information content (AvgIpc) is 2.53. The van der Waals surface area contributed by atoms with Crippen LogP contribution in [0, 0.1) is 0 Å². The van der Waals surface area contributed by atoms with Crippen LogP contribution in [0.15, 0.2) is 59.1 Å². The minimum Gasteiger partial charge on any atom is -0.489 e. The van der Waals surface area contributed by atoms with Crippen LogP contribution < -0.4 is 4.74 Å². The van der Waals surface area contributed by atoms with E-state index in [2.05, 4.69) is 15.9 Å². The number of carbonyl (C=O) groups is 1. The molecule has 0 amide bonds. The number of hydrogen-bond donors (Lipinski definition) is 0. The van der Waals surface area contributed by atoms with Gasteiger partial charge in [0.25, 0.3) is 0 Å². The van der Waals surface area contributed by atoms with E-state index in [0.717, 1.165) is 21.3 Å². The monoisotopic (exact) mass is 360 g/mol. The fourth-order valence-electron chi connectivity index (χ4n) is 1.81. The molecule has 2 aromatic carbocycles. The Morgan fingerprint density at radius 2 is 1.95 bits per heavy atom. The van der Waals surface area contributed by atoms with Crippen LogP contribution in [-0.2, 0) is 16.1 Å². The SMILES string of the molecule is CCOC(=O)/C=C/c1cccc(OCc2ccc(Br)cc2)c1. The fraction of sp³-hybridized carbons (Fsp3) is 0.167. The van der Waals surface area contributed by atoms with Crippen molar-refractivity contribution in [2.45, 2.75) is 13.5 Å². The second kappa shape index (κ2) is 8.39. The molecule has 114 valence electrons. The zero-order chi connectivity index (χ0) is 15.8. The van der Waals surface area contributed by atoms with Gasteiger partial charge in [-0.15, -0.1) is 0 Å². The van der Waals surface area contributed by atoms with Gasteiger partial charge in [0.15, 0.2) is 0 Å². The second-order valence-electron chi connectivity index (χ2n) is 4.57. The highest BCUT2D eigenvalue weighted by Gasteiger charge is 1.98. The topological polar surface area (TPSA) is 35.5 Å². The number of rotatable bonds is 6. The molecule has 0 unspecified atom stereocenters. The van der Waals surface area contributed by atoms with E-state index in [9.17, 15) is 4.79 Å². The molecule has 0 aliphatic carbocycles. The van der Waals surface area contributed by atoms with Crippen molar-refractivity contribution in [1.29, 1.82) is 0 Å². The first kappa shape index (κ1) is 16.3. The zero-order valence-corrected chi connectivity index (χ0v) is 13.9. The van der Waals surface area contributed by atoms with E-state index in [1.165, 1.54) is 6.08 Å². The largest absolute Gasteiger partial charge is 0.489 e. The van der Waals surface area contributed by atoms with Crippen molar-refractivity contribution in [2.24, 2.45) is 0 Å². The summed E-state index contributed by atoms with van der Waals surface area (Å²) in [5, 5.41) is 0. The molecule has 0 heterocycles. The van der Waals surface area contributed by atoms with Crippen molar-refractivity contribution >= 4 is 28.0 Å². The summed E-state index contributed by atoms with van der Waals surface area (Å²) >= 11 is 3.40. The van der Waals surface area contributed by atoms with E-state index in [-0.39, 0.29) is 5.97 Å². The van der Waals surface area contributed by atoms with Gasteiger partial charge in [-0.2, -0.15) is 0 Å². The maximum atomic E-state index is 11.3. The summed E-state index contributed by atoms with van der Waals surface area (Å²) in [6.07, 6.45) is 3.13. The van der Waals surface area contributed by atoms with Crippen LogP contribution >= 0.6 is 15.9 Å².